The molecule has 0 saturated carbocycles. The van der Waals surface area contributed by atoms with Crippen molar-refractivity contribution in [3.05, 3.63) is 58.1 Å². The normalized spacial score (nSPS) is 12.0. The van der Waals surface area contributed by atoms with E-state index in [0.717, 1.165) is 33.5 Å². The molecular weight excluding hydrogens is 330 g/mol. The Hall–Kier alpha value is -1.52. The summed E-state index contributed by atoms with van der Waals surface area (Å²) in [5.41, 5.74) is 8.12. The van der Waals surface area contributed by atoms with Gasteiger partial charge in [0.15, 0.2) is 0 Å². The minimum Gasteiger partial charge on any atom is -0.497 e. The first-order valence-corrected chi connectivity index (χ1v) is 7.67. The van der Waals surface area contributed by atoms with E-state index in [0.29, 0.717) is 6.61 Å². The molecule has 0 aliphatic carbocycles. The molecule has 0 fully saturated rings. The van der Waals surface area contributed by atoms with Gasteiger partial charge in [0, 0.05) is 10.5 Å². The van der Waals surface area contributed by atoms with Crippen molar-refractivity contribution in [3.8, 4) is 11.5 Å². The van der Waals surface area contributed by atoms with Crippen molar-refractivity contribution in [1.29, 1.82) is 0 Å². The fourth-order valence-corrected chi connectivity index (χ4v) is 2.49. The van der Waals surface area contributed by atoms with Crippen LogP contribution < -0.4 is 15.2 Å². The largest absolute Gasteiger partial charge is 0.497 e. The summed E-state index contributed by atoms with van der Waals surface area (Å²) in [6.07, 6.45) is 0.789. The van der Waals surface area contributed by atoms with E-state index in [9.17, 15) is 0 Å². The summed E-state index contributed by atoms with van der Waals surface area (Å²) in [5.74, 6) is 1.73. The first-order chi connectivity index (χ1) is 10.1. The molecule has 0 aromatic heterocycles. The Kier molecular flexibility index (Phi) is 5.65. The second kappa shape index (κ2) is 7.48. The number of benzene rings is 2. The lowest BCUT2D eigenvalue weighted by atomic mass is 10.1. The smallest absolute Gasteiger partial charge is 0.123 e. The molecule has 0 aliphatic rings. The predicted octanol–water partition coefficient (Wildman–Crippen LogP) is 3.93. The summed E-state index contributed by atoms with van der Waals surface area (Å²) in [4.78, 5) is 0. The van der Waals surface area contributed by atoms with Crippen LogP contribution in [0.2, 0.25) is 0 Å². The van der Waals surface area contributed by atoms with Crippen LogP contribution in [0.3, 0.4) is 0 Å². The topological polar surface area (TPSA) is 44.5 Å². The standard InChI is InChI=1S/C17H20BrNO2/c1-12(19)9-14-10-15(18)5-8-17(14)21-11-13-3-6-16(20-2)7-4-13/h3-8,10,12H,9,11,19H2,1-2H3. The van der Waals surface area contributed by atoms with Crippen molar-refractivity contribution in [2.45, 2.75) is 26.0 Å². The fraction of sp³-hybridized carbons (Fsp3) is 0.294. The third kappa shape index (κ3) is 4.76. The van der Waals surface area contributed by atoms with Gasteiger partial charge in [-0.25, -0.2) is 0 Å². The molecule has 1 unspecified atom stereocenters. The minimum absolute atomic E-state index is 0.0997. The van der Waals surface area contributed by atoms with Crippen LogP contribution in [0.25, 0.3) is 0 Å². The third-order valence-corrected chi connectivity index (χ3v) is 3.61. The number of nitrogens with two attached hydrogens (primary N) is 1. The van der Waals surface area contributed by atoms with Crippen LogP contribution in [0.1, 0.15) is 18.1 Å². The van der Waals surface area contributed by atoms with E-state index in [1.165, 1.54) is 0 Å². The zero-order valence-electron chi connectivity index (χ0n) is 12.3. The maximum atomic E-state index is 5.94. The number of halogens is 1. The molecule has 21 heavy (non-hydrogen) atoms. The average molecular weight is 350 g/mol. The summed E-state index contributed by atoms with van der Waals surface area (Å²) < 4.78 is 12.1. The first kappa shape index (κ1) is 15.9. The predicted molar refractivity (Wildman–Crippen MR) is 88.8 cm³/mol. The van der Waals surface area contributed by atoms with E-state index in [-0.39, 0.29) is 6.04 Å². The zero-order chi connectivity index (χ0) is 15.2. The van der Waals surface area contributed by atoms with Crippen LogP contribution in [-0.4, -0.2) is 13.2 Å². The Balaban J connectivity index is 2.07. The van der Waals surface area contributed by atoms with Crippen molar-refractivity contribution in [3.63, 3.8) is 0 Å². The van der Waals surface area contributed by atoms with E-state index < -0.39 is 0 Å². The Morgan fingerprint density at radius 2 is 1.86 bits per heavy atom. The number of methoxy groups -OCH3 is 1. The molecular formula is C17H20BrNO2. The molecule has 0 spiro atoms. The van der Waals surface area contributed by atoms with Crippen LogP contribution in [0.15, 0.2) is 46.9 Å². The second-order valence-electron chi connectivity index (χ2n) is 5.07. The molecule has 0 heterocycles. The van der Waals surface area contributed by atoms with Gasteiger partial charge in [-0.05, 0) is 54.8 Å². The molecule has 2 aromatic rings. The Morgan fingerprint density at radius 1 is 1.14 bits per heavy atom. The number of ether oxygens (including phenoxy) is 2. The Bertz CT molecular complexity index is 582. The number of hydrogen-bond acceptors (Lipinski definition) is 3. The van der Waals surface area contributed by atoms with Crippen molar-refractivity contribution in [2.75, 3.05) is 7.11 Å². The molecule has 0 amide bonds. The summed E-state index contributed by atoms with van der Waals surface area (Å²) in [6.45, 7) is 2.52. The highest BCUT2D eigenvalue weighted by molar-refractivity contribution is 9.10. The molecule has 3 nitrogen and oxygen atoms in total. The van der Waals surface area contributed by atoms with Gasteiger partial charge in [0.05, 0.1) is 7.11 Å². The monoisotopic (exact) mass is 349 g/mol. The van der Waals surface area contributed by atoms with Crippen LogP contribution in [0, 0.1) is 0 Å². The molecule has 2 rings (SSSR count). The van der Waals surface area contributed by atoms with Crippen LogP contribution in [-0.2, 0) is 13.0 Å². The van der Waals surface area contributed by atoms with Crippen molar-refractivity contribution < 1.29 is 9.47 Å². The van der Waals surface area contributed by atoms with E-state index in [2.05, 4.69) is 22.0 Å². The van der Waals surface area contributed by atoms with Crippen LogP contribution >= 0.6 is 15.9 Å². The third-order valence-electron chi connectivity index (χ3n) is 3.12. The van der Waals surface area contributed by atoms with Crippen molar-refractivity contribution in [1.82, 2.24) is 0 Å². The van der Waals surface area contributed by atoms with Gasteiger partial charge in [-0.3, -0.25) is 0 Å². The lowest BCUT2D eigenvalue weighted by molar-refractivity contribution is 0.302. The summed E-state index contributed by atoms with van der Waals surface area (Å²) in [7, 11) is 1.66. The molecule has 112 valence electrons. The van der Waals surface area contributed by atoms with Gasteiger partial charge in [-0.2, -0.15) is 0 Å². The molecule has 2 N–H and O–H groups in total. The maximum Gasteiger partial charge on any atom is 0.123 e. The lowest BCUT2D eigenvalue weighted by Gasteiger charge is -2.14. The quantitative estimate of drug-likeness (QED) is 0.859. The van der Waals surface area contributed by atoms with E-state index in [1.807, 2.05) is 43.3 Å². The van der Waals surface area contributed by atoms with E-state index in [1.54, 1.807) is 7.11 Å². The van der Waals surface area contributed by atoms with Gasteiger partial charge in [0.2, 0.25) is 0 Å². The minimum atomic E-state index is 0.0997. The summed E-state index contributed by atoms with van der Waals surface area (Å²) >= 11 is 3.49. The van der Waals surface area contributed by atoms with Gasteiger partial charge >= 0.3 is 0 Å². The molecule has 0 radical (unpaired) electrons. The van der Waals surface area contributed by atoms with Gasteiger partial charge in [0.1, 0.15) is 18.1 Å². The molecule has 1 atom stereocenters. The number of hydrogen-bond donors (Lipinski definition) is 1. The highest BCUT2D eigenvalue weighted by atomic mass is 79.9. The number of rotatable bonds is 6. The molecule has 0 bridgehead atoms. The first-order valence-electron chi connectivity index (χ1n) is 6.88. The van der Waals surface area contributed by atoms with Crippen molar-refractivity contribution >= 4 is 15.9 Å². The Labute approximate surface area is 134 Å². The van der Waals surface area contributed by atoms with Gasteiger partial charge in [-0.1, -0.05) is 28.1 Å². The summed E-state index contributed by atoms with van der Waals surface area (Å²) in [6, 6.07) is 14.0. The SMILES string of the molecule is COc1ccc(COc2ccc(Br)cc2CC(C)N)cc1. The highest BCUT2D eigenvalue weighted by Gasteiger charge is 2.07. The second-order valence-corrected chi connectivity index (χ2v) is 5.99. The van der Waals surface area contributed by atoms with Gasteiger partial charge < -0.3 is 15.2 Å². The fourth-order valence-electron chi connectivity index (χ4n) is 2.08. The molecule has 2 aromatic carbocycles. The van der Waals surface area contributed by atoms with E-state index >= 15 is 0 Å². The molecule has 0 saturated heterocycles. The van der Waals surface area contributed by atoms with Gasteiger partial charge in [-0.15, -0.1) is 0 Å². The maximum absolute atomic E-state index is 5.94. The zero-order valence-corrected chi connectivity index (χ0v) is 13.9. The Morgan fingerprint density at radius 3 is 2.48 bits per heavy atom. The molecule has 0 aliphatic heterocycles. The average Bonchev–Trinajstić information content (AvgIpc) is 2.46. The summed E-state index contributed by atoms with van der Waals surface area (Å²) in [5, 5.41) is 0. The highest BCUT2D eigenvalue weighted by Crippen LogP contribution is 2.25. The molecule has 4 heteroatoms. The van der Waals surface area contributed by atoms with E-state index in [4.69, 9.17) is 15.2 Å². The van der Waals surface area contributed by atoms with Crippen LogP contribution in [0.5, 0.6) is 11.5 Å². The van der Waals surface area contributed by atoms with Gasteiger partial charge in [0.25, 0.3) is 0 Å². The van der Waals surface area contributed by atoms with Crippen molar-refractivity contribution in [2.24, 2.45) is 5.73 Å². The lowest BCUT2D eigenvalue weighted by Crippen LogP contribution is -2.18. The van der Waals surface area contributed by atoms with Crippen LogP contribution in [0.4, 0.5) is 0 Å².